The Balaban J connectivity index is 0. The van der Waals surface area contributed by atoms with Gasteiger partial charge in [-0.3, -0.25) is 4.18 Å². The van der Waals surface area contributed by atoms with Gasteiger partial charge < -0.3 is 0 Å². The monoisotopic (exact) mass is 174 g/mol. The van der Waals surface area contributed by atoms with E-state index in [-0.39, 0.29) is 36.2 Å². The van der Waals surface area contributed by atoms with Gasteiger partial charge in [-0.1, -0.05) is 6.08 Å². The van der Waals surface area contributed by atoms with Crippen molar-refractivity contribution in [2.24, 2.45) is 0 Å². The number of rotatable bonds is 3. The Bertz CT molecular complexity index is 183. The second-order valence-electron chi connectivity index (χ2n) is 1.37. The van der Waals surface area contributed by atoms with Crippen molar-refractivity contribution in [3.05, 3.63) is 11.5 Å². The third-order valence-corrected chi connectivity index (χ3v) is 1.75. The molecule has 0 atom stereocenters. The third-order valence-electron chi connectivity index (χ3n) is 0.585. The first-order chi connectivity index (χ1) is 4.12. The van der Waals surface area contributed by atoms with Crippen LogP contribution in [0.15, 0.2) is 11.5 Å². The third kappa shape index (κ3) is 6.77. The molecule has 0 fully saturated rings. The number of allylic oxidation sites excluding steroid dienone is 1. The van der Waals surface area contributed by atoms with Gasteiger partial charge in [0.25, 0.3) is 10.1 Å². The summed E-state index contributed by atoms with van der Waals surface area (Å²) in [5, 5.41) is 1.02. The summed E-state index contributed by atoms with van der Waals surface area (Å²) in [6, 6.07) is 0. The molecule has 10 heavy (non-hydrogen) atoms. The van der Waals surface area contributed by atoms with Crippen molar-refractivity contribution in [3.8, 4) is 0 Å². The SMILES string of the molecule is CC=CS(=O)(=O)OCC.[NaH]. The van der Waals surface area contributed by atoms with Crippen LogP contribution in [0, 0.1) is 0 Å². The molecular formula is C5H11NaO3S. The molecule has 0 N–H and O–H groups in total. The second kappa shape index (κ2) is 6.37. The number of hydrogen-bond donors (Lipinski definition) is 0. The van der Waals surface area contributed by atoms with Crippen molar-refractivity contribution >= 4 is 39.7 Å². The van der Waals surface area contributed by atoms with Gasteiger partial charge in [0.2, 0.25) is 0 Å². The van der Waals surface area contributed by atoms with E-state index in [9.17, 15) is 8.42 Å². The molecular weight excluding hydrogens is 163 g/mol. The molecule has 0 amide bonds. The van der Waals surface area contributed by atoms with E-state index in [2.05, 4.69) is 4.18 Å². The fourth-order valence-corrected chi connectivity index (χ4v) is 1.11. The van der Waals surface area contributed by atoms with Crippen LogP contribution in [0.3, 0.4) is 0 Å². The molecule has 56 valence electrons. The van der Waals surface area contributed by atoms with E-state index in [1.807, 2.05) is 0 Å². The van der Waals surface area contributed by atoms with E-state index in [4.69, 9.17) is 0 Å². The zero-order chi connectivity index (χ0) is 7.33. The fraction of sp³-hybridized carbons (Fsp3) is 0.600. The van der Waals surface area contributed by atoms with Crippen molar-refractivity contribution in [2.45, 2.75) is 13.8 Å². The van der Waals surface area contributed by atoms with Crippen LogP contribution < -0.4 is 0 Å². The van der Waals surface area contributed by atoms with E-state index in [1.165, 1.54) is 6.08 Å². The van der Waals surface area contributed by atoms with Gasteiger partial charge in [0.05, 0.1) is 12.0 Å². The molecule has 5 heteroatoms. The van der Waals surface area contributed by atoms with Crippen molar-refractivity contribution in [2.75, 3.05) is 6.61 Å². The molecule has 0 aromatic carbocycles. The quantitative estimate of drug-likeness (QED) is 0.454. The molecule has 3 nitrogen and oxygen atoms in total. The van der Waals surface area contributed by atoms with Gasteiger partial charge in [-0.2, -0.15) is 8.42 Å². The van der Waals surface area contributed by atoms with E-state index in [0.717, 1.165) is 5.41 Å². The van der Waals surface area contributed by atoms with Crippen molar-refractivity contribution < 1.29 is 12.6 Å². The molecule has 0 spiro atoms. The molecule has 0 aliphatic carbocycles. The first kappa shape index (κ1) is 13.3. The topological polar surface area (TPSA) is 43.4 Å². The Morgan fingerprint density at radius 3 is 2.30 bits per heavy atom. The van der Waals surface area contributed by atoms with Gasteiger partial charge >= 0.3 is 29.6 Å². The summed E-state index contributed by atoms with van der Waals surface area (Å²) < 4.78 is 25.4. The Labute approximate surface area is 83.9 Å². The van der Waals surface area contributed by atoms with E-state index < -0.39 is 10.1 Å². The Morgan fingerprint density at radius 1 is 1.50 bits per heavy atom. The summed E-state index contributed by atoms with van der Waals surface area (Å²) in [4.78, 5) is 0. The van der Waals surface area contributed by atoms with Crippen LogP contribution in [0.1, 0.15) is 13.8 Å². The maximum absolute atomic E-state index is 10.5. The van der Waals surface area contributed by atoms with Gasteiger partial charge in [0.15, 0.2) is 0 Å². The van der Waals surface area contributed by atoms with Crippen LogP contribution in [0.25, 0.3) is 0 Å². The van der Waals surface area contributed by atoms with E-state index >= 15 is 0 Å². The number of hydrogen-bond acceptors (Lipinski definition) is 3. The summed E-state index contributed by atoms with van der Waals surface area (Å²) in [6.45, 7) is 3.43. The van der Waals surface area contributed by atoms with Crippen molar-refractivity contribution in [1.29, 1.82) is 0 Å². The predicted molar refractivity (Wildman–Crippen MR) is 42.5 cm³/mol. The first-order valence-electron chi connectivity index (χ1n) is 2.64. The Hall–Kier alpha value is 0.650. The van der Waals surface area contributed by atoms with Crippen molar-refractivity contribution in [1.82, 2.24) is 0 Å². The predicted octanol–water partition coefficient (Wildman–Crippen LogP) is 0.238. The van der Waals surface area contributed by atoms with Crippen LogP contribution in [0.2, 0.25) is 0 Å². The molecule has 0 aliphatic rings. The average Bonchev–Trinajstić information content (AvgIpc) is 1.64. The average molecular weight is 174 g/mol. The van der Waals surface area contributed by atoms with Crippen molar-refractivity contribution in [3.63, 3.8) is 0 Å². The molecule has 0 unspecified atom stereocenters. The first-order valence-corrected chi connectivity index (χ1v) is 4.11. The summed E-state index contributed by atoms with van der Waals surface area (Å²) >= 11 is 0. The molecule has 0 aromatic rings. The second-order valence-corrected chi connectivity index (χ2v) is 2.86. The summed E-state index contributed by atoms with van der Waals surface area (Å²) in [5.74, 6) is 0. The zero-order valence-electron chi connectivity index (χ0n) is 5.49. The summed E-state index contributed by atoms with van der Waals surface area (Å²) in [6.07, 6.45) is 1.42. The molecule has 0 bridgehead atoms. The van der Waals surface area contributed by atoms with Gasteiger partial charge in [-0.25, -0.2) is 0 Å². The molecule has 0 aromatic heterocycles. The molecule has 0 heterocycles. The van der Waals surface area contributed by atoms with E-state index in [0.29, 0.717) is 0 Å². The Morgan fingerprint density at radius 2 is 2.00 bits per heavy atom. The summed E-state index contributed by atoms with van der Waals surface area (Å²) in [5.41, 5.74) is 0. The zero-order valence-corrected chi connectivity index (χ0v) is 6.31. The van der Waals surface area contributed by atoms with Gasteiger partial charge in [-0.05, 0) is 13.8 Å². The van der Waals surface area contributed by atoms with Crippen LogP contribution >= 0.6 is 0 Å². The summed E-state index contributed by atoms with van der Waals surface area (Å²) in [7, 11) is -3.36. The molecule has 0 saturated carbocycles. The minimum absolute atomic E-state index is 0. The van der Waals surface area contributed by atoms with Crippen LogP contribution in [0.4, 0.5) is 0 Å². The molecule has 0 rings (SSSR count). The minimum atomic E-state index is -3.36. The molecule has 0 radical (unpaired) electrons. The maximum atomic E-state index is 10.5. The standard InChI is InChI=1S/C5H10O3S.Na.H/c1-3-5-9(6,7)8-4-2;;/h3,5H,4H2,1-2H3;;. The Kier molecular flexibility index (Phi) is 8.44. The van der Waals surface area contributed by atoms with Crippen LogP contribution in [-0.4, -0.2) is 44.6 Å². The van der Waals surface area contributed by atoms with E-state index in [1.54, 1.807) is 13.8 Å². The molecule has 0 aliphatic heterocycles. The normalized spacial score (nSPS) is 11.4. The van der Waals surface area contributed by atoms with Crippen LogP contribution in [0.5, 0.6) is 0 Å². The fourth-order valence-electron chi connectivity index (χ4n) is 0.370. The molecule has 0 saturated heterocycles. The van der Waals surface area contributed by atoms with Crippen LogP contribution in [-0.2, 0) is 14.3 Å². The van der Waals surface area contributed by atoms with Gasteiger partial charge in [-0.15, -0.1) is 0 Å². The van der Waals surface area contributed by atoms with Gasteiger partial charge in [0.1, 0.15) is 0 Å². The van der Waals surface area contributed by atoms with Gasteiger partial charge in [0, 0.05) is 0 Å².